The van der Waals surface area contributed by atoms with E-state index in [0.717, 1.165) is 112 Å². The first kappa shape index (κ1) is 26.8. The van der Waals surface area contributed by atoms with Crippen LogP contribution in [0.25, 0.3) is 0 Å². The fourth-order valence-electron chi connectivity index (χ4n) is 6.21. The van der Waals surface area contributed by atoms with Gasteiger partial charge in [-0.15, -0.1) is 0 Å². The van der Waals surface area contributed by atoms with Crippen molar-refractivity contribution in [3.63, 3.8) is 0 Å². The molecule has 0 radical (unpaired) electrons. The summed E-state index contributed by atoms with van der Waals surface area (Å²) in [4.78, 5) is 27.8. The van der Waals surface area contributed by atoms with Gasteiger partial charge in [-0.05, 0) is 73.3 Å². The van der Waals surface area contributed by atoms with Gasteiger partial charge in [-0.2, -0.15) is 4.98 Å². The van der Waals surface area contributed by atoms with E-state index in [9.17, 15) is 9.35 Å². The van der Waals surface area contributed by atoms with Crippen molar-refractivity contribution in [2.45, 2.75) is 67.8 Å². The van der Waals surface area contributed by atoms with Crippen LogP contribution >= 0.6 is 0 Å². The monoisotopic (exact) mass is 553 g/mol. The molecule has 0 aliphatic carbocycles. The number of carbonyl (C=O) groups is 1. The molecule has 6 rings (SSSR count). The molecule has 5 heterocycles. The molecule has 210 valence electrons. The third kappa shape index (κ3) is 5.89. The van der Waals surface area contributed by atoms with Gasteiger partial charge >= 0.3 is 0 Å². The number of nitrogens with one attached hydrogen (secondary N) is 1. The molecule has 10 heteroatoms. The molecule has 2 aromatic rings. The number of rotatable bonds is 6. The SMILES string of the molecule is CN(C(=O)c1ccc(C2CCN(c3nc4c(c(NC5CCOCC5)n3)[S+]([O-])CC4)CC2)cc1)C1CCOCC1. The summed E-state index contributed by atoms with van der Waals surface area (Å²) in [5.74, 6) is 2.66. The molecule has 3 fully saturated rings. The highest BCUT2D eigenvalue weighted by Crippen LogP contribution is 2.35. The van der Waals surface area contributed by atoms with Crippen LogP contribution < -0.4 is 10.2 Å². The maximum atomic E-state index is 13.0. The van der Waals surface area contributed by atoms with Crippen LogP contribution in [0.2, 0.25) is 0 Å². The number of aryl methyl sites for hydroxylation is 1. The molecule has 0 spiro atoms. The zero-order valence-corrected chi connectivity index (χ0v) is 23.6. The van der Waals surface area contributed by atoms with Gasteiger partial charge in [-0.25, -0.2) is 4.98 Å². The first-order chi connectivity index (χ1) is 19.1. The quantitative estimate of drug-likeness (QED) is 0.544. The molecule has 0 bridgehead atoms. The van der Waals surface area contributed by atoms with E-state index in [-0.39, 0.29) is 11.9 Å². The van der Waals surface area contributed by atoms with Crippen LogP contribution in [-0.4, -0.2) is 89.7 Å². The number of ether oxygens (including phenoxy) is 2. The Bertz CT molecular complexity index is 1150. The van der Waals surface area contributed by atoms with Gasteiger partial charge in [0.05, 0.1) is 0 Å². The number of piperidine rings is 1. The average Bonchev–Trinajstić information content (AvgIpc) is 3.38. The topological polar surface area (TPSA) is 103 Å². The summed E-state index contributed by atoms with van der Waals surface area (Å²) in [6, 6.07) is 8.77. The van der Waals surface area contributed by atoms with Gasteiger partial charge in [0.15, 0.2) is 5.82 Å². The lowest BCUT2D eigenvalue weighted by molar-refractivity contribution is 0.0362. The molecule has 1 amide bonds. The van der Waals surface area contributed by atoms with E-state index in [1.54, 1.807) is 0 Å². The highest BCUT2D eigenvalue weighted by atomic mass is 32.2. The number of amides is 1. The van der Waals surface area contributed by atoms with E-state index in [1.807, 2.05) is 24.1 Å². The number of carbonyl (C=O) groups excluding carboxylic acids is 1. The zero-order valence-electron chi connectivity index (χ0n) is 22.8. The van der Waals surface area contributed by atoms with Crippen molar-refractivity contribution >= 4 is 28.8 Å². The fraction of sp³-hybridized carbons (Fsp3) is 0.621. The summed E-state index contributed by atoms with van der Waals surface area (Å²) in [5.41, 5.74) is 2.96. The van der Waals surface area contributed by atoms with E-state index >= 15 is 0 Å². The van der Waals surface area contributed by atoms with Crippen molar-refractivity contribution in [3.05, 3.63) is 41.1 Å². The second kappa shape index (κ2) is 12.0. The van der Waals surface area contributed by atoms with E-state index in [2.05, 4.69) is 22.3 Å². The van der Waals surface area contributed by atoms with E-state index in [4.69, 9.17) is 19.4 Å². The minimum atomic E-state index is -1.04. The summed E-state index contributed by atoms with van der Waals surface area (Å²) in [5, 5.41) is 3.58. The standard InChI is InChI=1S/C29H39N5O4S/c1-33(24-10-17-38-18-11-24)28(35)22-4-2-20(3-5-22)21-6-13-34(14-7-21)29-31-25-12-19-39(36)26(25)27(32-29)30-23-8-15-37-16-9-23/h2-5,21,23-24H,6-19H2,1H3,(H,30,31,32). The second-order valence-corrected chi connectivity index (χ2v) is 12.6. The molecule has 3 saturated heterocycles. The number of nitrogens with zero attached hydrogens (tertiary/aromatic N) is 4. The van der Waals surface area contributed by atoms with Crippen molar-refractivity contribution < 1.29 is 18.8 Å². The number of benzene rings is 1. The summed E-state index contributed by atoms with van der Waals surface area (Å²) in [6.07, 6.45) is 6.42. The fourth-order valence-corrected chi connectivity index (χ4v) is 7.52. The Balaban J connectivity index is 1.10. The van der Waals surface area contributed by atoms with Gasteiger partial charge < -0.3 is 29.1 Å². The number of fused-ring (bicyclic) bond motifs is 1. The smallest absolute Gasteiger partial charge is 0.253 e. The first-order valence-corrected chi connectivity index (χ1v) is 15.7. The zero-order chi connectivity index (χ0) is 26.8. The lowest BCUT2D eigenvalue weighted by atomic mass is 9.89. The van der Waals surface area contributed by atoms with Gasteiger partial charge in [0.1, 0.15) is 11.4 Å². The van der Waals surface area contributed by atoms with Crippen LogP contribution in [0, 0.1) is 0 Å². The molecule has 1 aromatic carbocycles. The van der Waals surface area contributed by atoms with Crippen molar-refractivity contribution in [2.24, 2.45) is 0 Å². The summed E-state index contributed by atoms with van der Waals surface area (Å²) in [7, 11) is 1.91. The van der Waals surface area contributed by atoms with Crippen LogP contribution in [0.4, 0.5) is 11.8 Å². The van der Waals surface area contributed by atoms with Crippen molar-refractivity contribution in [1.82, 2.24) is 14.9 Å². The Morgan fingerprint density at radius 3 is 2.36 bits per heavy atom. The minimum Gasteiger partial charge on any atom is -0.611 e. The van der Waals surface area contributed by atoms with Gasteiger partial charge in [0, 0.05) is 70.6 Å². The molecule has 39 heavy (non-hydrogen) atoms. The van der Waals surface area contributed by atoms with Crippen molar-refractivity contribution in [3.8, 4) is 0 Å². The van der Waals surface area contributed by atoms with Crippen LogP contribution in [0.3, 0.4) is 0 Å². The summed E-state index contributed by atoms with van der Waals surface area (Å²) in [6.45, 7) is 4.69. The third-order valence-corrected chi connectivity index (χ3v) is 10.2. The van der Waals surface area contributed by atoms with E-state index < -0.39 is 11.2 Å². The minimum absolute atomic E-state index is 0.0862. The van der Waals surface area contributed by atoms with Crippen LogP contribution in [0.5, 0.6) is 0 Å². The van der Waals surface area contributed by atoms with Gasteiger partial charge in [0.25, 0.3) is 5.91 Å². The highest BCUT2D eigenvalue weighted by molar-refractivity contribution is 7.91. The summed E-state index contributed by atoms with van der Waals surface area (Å²) < 4.78 is 23.7. The number of aromatic nitrogens is 2. The van der Waals surface area contributed by atoms with Gasteiger partial charge in [-0.3, -0.25) is 4.79 Å². The summed E-state index contributed by atoms with van der Waals surface area (Å²) >= 11 is -1.04. The van der Waals surface area contributed by atoms with Crippen molar-refractivity contribution in [1.29, 1.82) is 0 Å². The van der Waals surface area contributed by atoms with Gasteiger partial charge in [-0.1, -0.05) is 12.1 Å². The Kier molecular flexibility index (Phi) is 8.25. The Hall–Kier alpha value is -2.40. The molecule has 1 N–H and O–H groups in total. The molecule has 1 atom stereocenters. The van der Waals surface area contributed by atoms with Gasteiger partial charge in [0.2, 0.25) is 10.8 Å². The van der Waals surface area contributed by atoms with E-state index in [1.165, 1.54) is 5.56 Å². The molecule has 9 nitrogen and oxygen atoms in total. The maximum absolute atomic E-state index is 13.0. The van der Waals surface area contributed by atoms with Crippen LogP contribution in [0.1, 0.15) is 66.1 Å². The van der Waals surface area contributed by atoms with Crippen molar-refractivity contribution in [2.75, 3.05) is 62.5 Å². The maximum Gasteiger partial charge on any atom is 0.253 e. The van der Waals surface area contributed by atoms with E-state index in [0.29, 0.717) is 17.7 Å². The lowest BCUT2D eigenvalue weighted by Gasteiger charge is -2.33. The normalized spacial score (nSPS) is 23.0. The average molecular weight is 554 g/mol. The Morgan fingerprint density at radius 2 is 1.67 bits per heavy atom. The number of hydrogen-bond acceptors (Lipinski definition) is 8. The highest BCUT2D eigenvalue weighted by Gasteiger charge is 2.34. The molecule has 1 unspecified atom stereocenters. The molecule has 4 aliphatic heterocycles. The number of anilines is 2. The Morgan fingerprint density at radius 1 is 1.00 bits per heavy atom. The third-order valence-electron chi connectivity index (χ3n) is 8.70. The molecule has 0 saturated carbocycles. The number of hydrogen-bond donors (Lipinski definition) is 1. The molecular formula is C29H39N5O4S. The molecule has 4 aliphatic rings. The second-order valence-electron chi connectivity index (χ2n) is 11.1. The van der Waals surface area contributed by atoms with Crippen LogP contribution in [0.15, 0.2) is 29.2 Å². The molecule has 1 aromatic heterocycles. The predicted octanol–water partition coefficient (Wildman–Crippen LogP) is 3.37. The largest absolute Gasteiger partial charge is 0.611 e. The van der Waals surface area contributed by atoms with Crippen LogP contribution in [-0.2, 0) is 27.1 Å². The lowest BCUT2D eigenvalue weighted by Crippen LogP contribution is -2.40. The first-order valence-electron chi connectivity index (χ1n) is 14.4. The Labute approximate surface area is 233 Å². The molecular weight excluding hydrogens is 514 g/mol. The predicted molar refractivity (Wildman–Crippen MR) is 151 cm³/mol.